The van der Waals surface area contributed by atoms with Crippen LogP contribution in [-0.4, -0.2) is 11.1 Å². The van der Waals surface area contributed by atoms with E-state index in [9.17, 15) is 13.6 Å². The summed E-state index contributed by atoms with van der Waals surface area (Å²) in [5.41, 5.74) is -0.520. The lowest BCUT2D eigenvalue weighted by molar-refractivity contribution is 0.0690. The molecule has 70 valence electrons. The normalized spacial score (nSPS) is 10.2. The van der Waals surface area contributed by atoms with Gasteiger partial charge in [-0.2, -0.15) is 0 Å². The minimum Gasteiger partial charge on any atom is -0.478 e. The van der Waals surface area contributed by atoms with Crippen LogP contribution in [0.4, 0.5) is 8.78 Å². The SMILES string of the molecule is O=C(O)c1c(I)cc(F)c(Br)c1F. The second kappa shape index (κ2) is 3.87. The fourth-order valence-electron chi connectivity index (χ4n) is 0.762. The summed E-state index contributed by atoms with van der Waals surface area (Å²) in [6.07, 6.45) is 0. The molecule has 1 aromatic rings. The van der Waals surface area contributed by atoms with Gasteiger partial charge in [-0.05, 0) is 44.6 Å². The smallest absolute Gasteiger partial charge is 0.339 e. The number of hydrogen-bond donors (Lipinski definition) is 1. The van der Waals surface area contributed by atoms with Crippen LogP contribution in [0.3, 0.4) is 0 Å². The summed E-state index contributed by atoms with van der Waals surface area (Å²) >= 11 is 4.18. The van der Waals surface area contributed by atoms with Crippen LogP contribution in [0.1, 0.15) is 10.4 Å². The quantitative estimate of drug-likeness (QED) is 0.473. The van der Waals surface area contributed by atoms with Crippen molar-refractivity contribution in [3.63, 3.8) is 0 Å². The fraction of sp³-hybridized carbons (Fsp3) is 0. The standard InChI is InChI=1S/C7H2BrF2IO2/c8-5-2(9)1-3(11)4(6(5)10)7(12)13/h1H,(H,12,13). The number of carbonyl (C=O) groups is 1. The zero-order valence-electron chi connectivity index (χ0n) is 5.94. The van der Waals surface area contributed by atoms with Gasteiger partial charge in [0.1, 0.15) is 11.4 Å². The predicted molar refractivity (Wildman–Crippen MR) is 53.7 cm³/mol. The average Bonchev–Trinajstić information content (AvgIpc) is 1.99. The van der Waals surface area contributed by atoms with Gasteiger partial charge in [-0.1, -0.05) is 0 Å². The fourth-order valence-corrected chi connectivity index (χ4v) is 1.82. The minimum atomic E-state index is -1.41. The van der Waals surface area contributed by atoms with E-state index in [-0.39, 0.29) is 3.57 Å². The number of halogens is 4. The van der Waals surface area contributed by atoms with Gasteiger partial charge in [0.05, 0.1) is 4.47 Å². The number of aromatic carboxylic acids is 1. The molecule has 0 unspecified atom stereocenters. The van der Waals surface area contributed by atoms with E-state index in [0.29, 0.717) is 0 Å². The molecule has 0 atom stereocenters. The van der Waals surface area contributed by atoms with Crippen molar-refractivity contribution in [1.82, 2.24) is 0 Å². The minimum absolute atomic E-state index is 0.0308. The summed E-state index contributed by atoms with van der Waals surface area (Å²) in [6.45, 7) is 0. The Morgan fingerprint density at radius 2 is 2.08 bits per heavy atom. The first-order valence-electron chi connectivity index (χ1n) is 3.01. The Kier molecular flexibility index (Phi) is 3.23. The van der Waals surface area contributed by atoms with Crippen LogP contribution in [-0.2, 0) is 0 Å². The summed E-state index contributed by atoms with van der Waals surface area (Å²) in [5.74, 6) is -3.31. The highest BCUT2D eigenvalue weighted by molar-refractivity contribution is 14.1. The van der Waals surface area contributed by atoms with Crippen LogP contribution < -0.4 is 0 Å². The Hall–Kier alpha value is -0.240. The van der Waals surface area contributed by atoms with E-state index in [1.54, 1.807) is 22.6 Å². The number of carboxylic acids is 1. The lowest BCUT2D eigenvalue weighted by Gasteiger charge is -2.03. The highest BCUT2D eigenvalue weighted by atomic mass is 127. The largest absolute Gasteiger partial charge is 0.478 e. The van der Waals surface area contributed by atoms with E-state index in [1.807, 2.05) is 0 Å². The molecular formula is C7H2BrF2IO2. The molecule has 0 aliphatic heterocycles. The molecule has 6 heteroatoms. The van der Waals surface area contributed by atoms with Crippen LogP contribution in [0.15, 0.2) is 10.5 Å². The number of rotatable bonds is 1. The highest BCUT2D eigenvalue weighted by Gasteiger charge is 2.20. The van der Waals surface area contributed by atoms with Gasteiger partial charge >= 0.3 is 5.97 Å². The Balaban J connectivity index is 3.53. The molecule has 0 radical (unpaired) electrons. The second-order valence-electron chi connectivity index (χ2n) is 2.15. The summed E-state index contributed by atoms with van der Waals surface area (Å²) < 4.78 is 25.5. The molecule has 0 saturated carbocycles. The molecule has 0 spiro atoms. The van der Waals surface area contributed by atoms with Crippen molar-refractivity contribution in [3.05, 3.63) is 31.3 Å². The molecule has 0 heterocycles. The molecule has 0 aromatic heterocycles. The first kappa shape index (κ1) is 10.8. The molecule has 0 amide bonds. The Morgan fingerprint density at radius 3 is 2.54 bits per heavy atom. The van der Waals surface area contributed by atoms with Crippen molar-refractivity contribution in [1.29, 1.82) is 0 Å². The molecule has 0 fully saturated rings. The van der Waals surface area contributed by atoms with E-state index in [0.717, 1.165) is 6.07 Å². The van der Waals surface area contributed by atoms with E-state index in [4.69, 9.17) is 5.11 Å². The predicted octanol–water partition coefficient (Wildman–Crippen LogP) is 3.03. The Labute approximate surface area is 94.2 Å². The zero-order chi connectivity index (χ0) is 10.2. The molecule has 2 nitrogen and oxygen atoms in total. The van der Waals surface area contributed by atoms with Crippen LogP contribution in [0.5, 0.6) is 0 Å². The second-order valence-corrected chi connectivity index (χ2v) is 4.10. The summed E-state index contributed by atoms with van der Waals surface area (Å²) in [7, 11) is 0. The maximum atomic E-state index is 13.1. The maximum absolute atomic E-state index is 13.1. The van der Waals surface area contributed by atoms with Crippen molar-refractivity contribution >= 4 is 44.5 Å². The third-order valence-electron chi connectivity index (χ3n) is 1.33. The topological polar surface area (TPSA) is 37.3 Å². The molecule has 13 heavy (non-hydrogen) atoms. The molecule has 0 saturated heterocycles. The third kappa shape index (κ3) is 1.98. The van der Waals surface area contributed by atoms with Crippen LogP contribution >= 0.6 is 38.5 Å². The van der Waals surface area contributed by atoms with Crippen molar-refractivity contribution in [2.75, 3.05) is 0 Å². The highest BCUT2D eigenvalue weighted by Crippen LogP contribution is 2.26. The number of hydrogen-bond acceptors (Lipinski definition) is 1. The van der Waals surface area contributed by atoms with Gasteiger partial charge in [-0.25, -0.2) is 13.6 Å². The molecule has 1 aromatic carbocycles. The van der Waals surface area contributed by atoms with Crippen LogP contribution in [0.2, 0.25) is 0 Å². The first-order chi connectivity index (χ1) is 5.95. The van der Waals surface area contributed by atoms with Gasteiger partial charge in [0.25, 0.3) is 0 Å². The van der Waals surface area contributed by atoms with Gasteiger partial charge in [0, 0.05) is 3.57 Å². The van der Waals surface area contributed by atoms with Crippen molar-refractivity contribution in [3.8, 4) is 0 Å². The van der Waals surface area contributed by atoms with Gasteiger partial charge in [0.2, 0.25) is 0 Å². The van der Waals surface area contributed by atoms with Gasteiger partial charge in [0.15, 0.2) is 5.82 Å². The Bertz CT molecular complexity index is 381. The molecule has 0 aliphatic carbocycles. The summed E-state index contributed by atoms with van der Waals surface area (Å²) in [6, 6.07) is 0.956. The number of benzene rings is 1. The lowest BCUT2D eigenvalue weighted by atomic mass is 10.2. The van der Waals surface area contributed by atoms with Crippen molar-refractivity contribution in [2.45, 2.75) is 0 Å². The average molecular weight is 363 g/mol. The van der Waals surface area contributed by atoms with Crippen molar-refractivity contribution in [2.24, 2.45) is 0 Å². The summed E-state index contributed by atoms with van der Waals surface area (Å²) in [4.78, 5) is 10.5. The van der Waals surface area contributed by atoms with E-state index < -0.39 is 27.6 Å². The van der Waals surface area contributed by atoms with Gasteiger partial charge in [-0.3, -0.25) is 0 Å². The lowest BCUT2D eigenvalue weighted by Crippen LogP contribution is -2.05. The number of carboxylic acid groups (broad SMARTS) is 1. The maximum Gasteiger partial charge on any atom is 0.339 e. The summed E-state index contributed by atoms with van der Waals surface area (Å²) in [5, 5.41) is 8.57. The Morgan fingerprint density at radius 1 is 1.54 bits per heavy atom. The van der Waals surface area contributed by atoms with Crippen LogP contribution in [0, 0.1) is 15.2 Å². The molecule has 1 rings (SSSR count). The molecule has 0 aliphatic rings. The molecular weight excluding hydrogens is 361 g/mol. The van der Waals surface area contributed by atoms with E-state index in [2.05, 4.69) is 15.9 Å². The zero-order valence-corrected chi connectivity index (χ0v) is 9.69. The van der Waals surface area contributed by atoms with Crippen molar-refractivity contribution < 1.29 is 18.7 Å². The monoisotopic (exact) mass is 362 g/mol. The van der Waals surface area contributed by atoms with Gasteiger partial charge in [-0.15, -0.1) is 0 Å². The van der Waals surface area contributed by atoms with Gasteiger partial charge < -0.3 is 5.11 Å². The molecule has 0 bridgehead atoms. The third-order valence-corrected chi connectivity index (χ3v) is 2.91. The van der Waals surface area contributed by atoms with E-state index in [1.165, 1.54) is 0 Å². The molecule has 1 N–H and O–H groups in total. The van der Waals surface area contributed by atoms with Crippen LogP contribution in [0.25, 0.3) is 0 Å². The van der Waals surface area contributed by atoms with E-state index >= 15 is 0 Å². The first-order valence-corrected chi connectivity index (χ1v) is 4.88.